The standard InChI is InChI=1S/C24H30N4O5/c1-32-24(31)28-8-6-19(7-9-28)33-20-10-18(12-25-14-20)23(30)27-15-22(29)21-11-16-4-2-3-5-17(16)13-26-21/h2-5,10,12,14,19,21-22,26,29H,6-9,11,13,15H2,1H3,(H,27,30)/t21-,22?/m0/s1. The van der Waals surface area contributed by atoms with Crippen molar-refractivity contribution in [3.63, 3.8) is 0 Å². The number of carbonyl (C=O) groups excluding carboxylic acids is 2. The van der Waals surface area contributed by atoms with Crippen molar-refractivity contribution in [1.82, 2.24) is 20.5 Å². The van der Waals surface area contributed by atoms with Crippen LogP contribution in [0.4, 0.5) is 4.79 Å². The molecule has 3 N–H and O–H groups in total. The van der Waals surface area contributed by atoms with Crippen molar-refractivity contribution < 1.29 is 24.2 Å². The van der Waals surface area contributed by atoms with Crippen molar-refractivity contribution in [3.05, 3.63) is 59.4 Å². The molecular formula is C24H30N4O5. The van der Waals surface area contributed by atoms with Gasteiger partial charge in [-0.05, 0) is 23.6 Å². The van der Waals surface area contributed by atoms with E-state index in [9.17, 15) is 14.7 Å². The van der Waals surface area contributed by atoms with Gasteiger partial charge in [0.15, 0.2) is 0 Å². The molecule has 176 valence electrons. The highest BCUT2D eigenvalue weighted by atomic mass is 16.5. The summed E-state index contributed by atoms with van der Waals surface area (Å²) in [7, 11) is 1.37. The lowest BCUT2D eigenvalue weighted by molar-refractivity contribution is 0.0784. The predicted octanol–water partition coefficient (Wildman–Crippen LogP) is 1.50. The van der Waals surface area contributed by atoms with Crippen LogP contribution in [-0.2, 0) is 17.7 Å². The smallest absolute Gasteiger partial charge is 0.409 e. The second-order valence-corrected chi connectivity index (χ2v) is 8.42. The van der Waals surface area contributed by atoms with Crippen molar-refractivity contribution in [3.8, 4) is 5.75 Å². The van der Waals surface area contributed by atoms with Gasteiger partial charge in [0.2, 0.25) is 0 Å². The minimum Gasteiger partial charge on any atom is -0.489 e. The van der Waals surface area contributed by atoms with Gasteiger partial charge in [0.1, 0.15) is 11.9 Å². The van der Waals surface area contributed by atoms with Gasteiger partial charge in [0.05, 0.1) is 25.0 Å². The number of amides is 2. The maximum Gasteiger partial charge on any atom is 0.409 e. The number of pyridine rings is 1. The van der Waals surface area contributed by atoms with Crippen LogP contribution >= 0.6 is 0 Å². The zero-order valence-electron chi connectivity index (χ0n) is 18.7. The van der Waals surface area contributed by atoms with Crippen molar-refractivity contribution in [2.24, 2.45) is 0 Å². The number of nitrogens with one attached hydrogen (secondary N) is 2. The number of nitrogens with zero attached hydrogens (tertiary/aromatic N) is 2. The number of fused-ring (bicyclic) bond motifs is 1. The molecule has 9 heteroatoms. The lowest BCUT2D eigenvalue weighted by atomic mass is 9.93. The quantitative estimate of drug-likeness (QED) is 0.606. The molecule has 1 aromatic heterocycles. The molecule has 4 rings (SSSR count). The highest BCUT2D eigenvalue weighted by Gasteiger charge is 2.26. The second-order valence-electron chi connectivity index (χ2n) is 8.42. The molecule has 1 aromatic carbocycles. The molecule has 0 spiro atoms. The third-order valence-electron chi connectivity index (χ3n) is 6.20. The fourth-order valence-corrected chi connectivity index (χ4v) is 4.28. The largest absolute Gasteiger partial charge is 0.489 e. The molecule has 2 aliphatic rings. The van der Waals surface area contributed by atoms with Crippen LogP contribution in [0.15, 0.2) is 42.7 Å². The first-order chi connectivity index (χ1) is 16.0. The normalized spacial score (nSPS) is 19.3. The second kappa shape index (κ2) is 10.6. The van der Waals surface area contributed by atoms with Gasteiger partial charge in [-0.25, -0.2) is 4.79 Å². The molecule has 3 heterocycles. The Morgan fingerprint density at radius 1 is 1.24 bits per heavy atom. The summed E-state index contributed by atoms with van der Waals surface area (Å²) in [6.45, 7) is 1.95. The van der Waals surface area contributed by atoms with Crippen molar-refractivity contribution in [2.45, 2.75) is 44.1 Å². The van der Waals surface area contributed by atoms with Crippen LogP contribution in [0.1, 0.15) is 34.3 Å². The fraction of sp³-hybridized carbons (Fsp3) is 0.458. The summed E-state index contributed by atoms with van der Waals surface area (Å²) in [6, 6.07) is 9.69. The number of benzene rings is 1. The highest BCUT2D eigenvalue weighted by molar-refractivity contribution is 5.94. The van der Waals surface area contributed by atoms with Gasteiger partial charge >= 0.3 is 6.09 Å². The number of hydrogen-bond acceptors (Lipinski definition) is 7. The number of aliphatic hydroxyl groups is 1. The average Bonchev–Trinajstić information content (AvgIpc) is 2.87. The molecule has 2 aromatic rings. The van der Waals surface area contributed by atoms with Gasteiger partial charge in [-0.2, -0.15) is 0 Å². The van der Waals surface area contributed by atoms with Gasteiger partial charge in [0.25, 0.3) is 5.91 Å². The number of ether oxygens (including phenoxy) is 2. The number of rotatable bonds is 6. The Bertz CT molecular complexity index is 977. The molecule has 0 bridgehead atoms. The van der Waals surface area contributed by atoms with Crippen molar-refractivity contribution in [2.75, 3.05) is 26.7 Å². The van der Waals surface area contributed by atoms with E-state index in [4.69, 9.17) is 9.47 Å². The summed E-state index contributed by atoms with van der Waals surface area (Å²) in [4.78, 5) is 30.0. The van der Waals surface area contributed by atoms with E-state index in [2.05, 4.69) is 27.8 Å². The van der Waals surface area contributed by atoms with Crippen molar-refractivity contribution in [1.29, 1.82) is 0 Å². The maximum atomic E-state index is 12.6. The topological polar surface area (TPSA) is 113 Å². The Labute approximate surface area is 193 Å². The molecule has 1 unspecified atom stereocenters. The first-order valence-electron chi connectivity index (χ1n) is 11.2. The number of methoxy groups -OCH3 is 1. The number of carbonyl (C=O) groups is 2. The summed E-state index contributed by atoms with van der Waals surface area (Å²) < 4.78 is 10.7. The molecule has 2 atom stereocenters. The van der Waals surface area contributed by atoms with Gasteiger partial charge in [-0.3, -0.25) is 9.78 Å². The summed E-state index contributed by atoms with van der Waals surface area (Å²) in [6.07, 6.45) is 4.01. The van der Waals surface area contributed by atoms with Gasteiger partial charge < -0.3 is 30.1 Å². The first kappa shape index (κ1) is 23.0. The van der Waals surface area contributed by atoms with Gasteiger partial charge in [0, 0.05) is 51.3 Å². The minimum atomic E-state index is -0.713. The SMILES string of the molecule is COC(=O)N1CCC(Oc2cncc(C(=O)NCC(O)[C@@H]3Cc4ccccc4CN3)c2)CC1. The molecule has 2 amide bonds. The monoisotopic (exact) mass is 454 g/mol. The fourth-order valence-electron chi connectivity index (χ4n) is 4.28. The maximum absolute atomic E-state index is 12.6. The van der Waals surface area contributed by atoms with E-state index in [0.29, 0.717) is 50.2 Å². The third-order valence-corrected chi connectivity index (χ3v) is 6.20. The lowest BCUT2D eigenvalue weighted by Crippen LogP contribution is -2.49. The Morgan fingerprint density at radius 2 is 2.00 bits per heavy atom. The van der Waals surface area contributed by atoms with Crippen LogP contribution in [0.3, 0.4) is 0 Å². The molecule has 0 saturated carbocycles. The third kappa shape index (κ3) is 5.80. The van der Waals surface area contributed by atoms with Crippen LogP contribution < -0.4 is 15.4 Å². The van der Waals surface area contributed by atoms with E-state index in [1.807, 2.05) is 12.1 Å². The lowest BCUT2D eigenvalue weighted by Gasteiger charge is -2.31. The summed E-state index contributed by atoms with van der Waals surface area (Å²) in [5, 5.41) is 16.7. The van der Waals surface area contributed by atoms with Crippen LogP contribution in [0.25, 0.3) is 0 Å². The van der Waals surface area contributed by atoms with Gasteiger partial charge in [-0.15, -0.1) is 0 Å². The Balaban J connectivity index is 1.26. The van der Waals surface area contributed by atoms with E-state index in [-0.39, 0.29) is 30.7 Å². The molecule has 0 radical (unpaired) electrons. The number of likely N-dealkylation sites (tertiary alicyclic amines) is 1. The molecule has 0 aliphatic carbocycles. The number of piperidine rings is 1. The molecular weight excluding hydrogens is 424 g/mol. The Morgan fingerprint density at radius 3 is 2.76 bits per heavy atom. The molecule has 9 nitrogen and oxygen atoms in total. The zero-order valence-corrected chi connectivity index (χ0v) is 18.7. The average molecular weight is 455 g/mol. The van der Waals surface area contributed by atoms with Crippen LogP contribution in [-0.4, -0.2) is 72.0 Å². The number of hydrogen-bond donors (Lipinski definition) is 3. The van der Waals surface area contributed by atoms with Crippen LogP contribution in [0.2, 0.25) is 0 Å². The minimum absolute atomic E-state index is 0.0620. The summed E-state index contributed by atoms with van der Waals surface area (Å²) in [5.41, 5.74) is 2.83. The summed E-state index contributed by atoms with van der Waals surface area (Å²) in [5.74, 6) is 0.189. The number of aliphatic hydroxyl groups excluding tert-OH is 1. The van der Waals surface area contributed by atoms with E-state index in [1.165, 1.54) is 24.4 Å². The zero-order chi connectivity index (χ0) is 23.2. The first-order valence-corrected chi connectivity index (χ1v) is 11.2. The molecule has 1 saturated heterocycles. The Kier molecular flexibility index (Phi) is 7.41. The van der Waals surface area contributed by atoms with Crippen LogP contribution in [0, 0.1) is 0 Å². The number of aromatic nitrogens is 1. The van der Waals surface area contributed by atoms with E-state index < -0.39 is 6.10 Å². The molecule has 1 fully saturated rings. The molecule has 33 heavy (non-hydrogen) atoms. The van der Waals surface area contributed by atoms with Crippen LogP contribution in [0.5, 0.6) is 5.75 Å². The van der Waals surface area contributed by atoms with E-state index in [1.54, 1.807) is 17.2 Å². The van der Waals surface area contributed by atoms with E-state index >= 15 is 0 Å². The molecule has 2 aliphatic heterocycles. The predicted molar refractivity (Wildman–Crippen MR) is 121 cm³/mol. The summed E-state index contributed by atoms with van der Waals surface area (Å²) >= 11 is 0. The van der Waals surface area contributed by atoms with Gasteiger partial charge in [-0.1, -0.05) is 24.3 Å². The van der Waals surface area contributed by atoms with Crippen molar-refractivity contribution >= 4 is 12.0 Å². The highest BCUT2D eigenvalue weighted by Crippen LogP contribution is 2.20. The Hall–Kier alpha value is -3.17. The van der Waals surface area contributed by atoms with E-state index in [0.717, 1.165) is 0 Å².